The predicted molar refractivity (Wildman–Crippen MR) is 114 cm³/mol. The standard InChI is InChI=1S/C20H29N5O4S/c1-3-28-15-18-7-5-4-6-17(18)14-22-20(21-2)24-9-11-25(12-10-24)30(26,27)16-19-8-13-29-23-19/h4-8,13H,3,9-12,14-16H2,1-2H3,(H,21,22). The molecule has 3 rings (SSSR count). The molecule has 0 bridgehead atoms. The number of aromatic nitrogens is 1. The number of ether oxygens (including phenoxy) is 1. The summed E-state index contributed by atoms with van der Waals surface area (Å²) in [5.41, 5.74) is 2.72. The van der Waals surface area contributed by atoms with Crippen LogP contribution in [-0.4, -0.2) is 68.6 Å². The van der Waals surface area contributed by atoms with Crippen LogP contribution in [0.5, 0.6) is 0 Å². The first-order valence-corrected chi connectivity index (χ1v) is 11.6. The first-order valence-electron chi connectivity index (χ1n) is 10.0. The predicted octanol–water partition coefficient (Wildman–Crippen LogP) is 1.43. The molecule has 1 N–H and O–H groups in total. The lowest BCUT2D eigenvalue weighted by Crippen LogP contribution is -2.53. The van der Waals surface area contributed by atoms with Crippen molar-refractivity contribution < 1.29 is 17.7 Å². The van der Waals surface area contributed by atoms with Gasteiger partial charge in [-0.2, -0.15) is 4.31 Å². The van der Waals surface area contributed by atoms with Gasteiger partial charge in [0.2, 0.25) is 10.0 Å². The van der Waals surface area contributed by atoms with Crippen LogP contribution >= 0.6 is 0 Å². The Hall–Kier alpha value is -2.43. The summed E-state index contributed by atoms with van der Waals surface area (Å²) in [6.07, 6.45) is 1.38. The Bertz CT molecular complexity index is 922. The number of nitrogens with zero attached hydrogens (tertiary/aromatic N) is 4. The molecule has 1 aliphatic rings. The molecular formula is C20H29N5O4S. The number of nitrogens with one attached hydrogen (secondary N) is 1. The minimum absolute atomic E-state index is 0.146. The monoisotopic (exact) mass is 435 g/mol. The Kier molecular flexibility index (Phi) is 7.83. The number of aliphatic imine (C=N–C) groups is 1. The number of hydrogen-bond donors (Lipinski definition) is 1. The maximum Gasteiger partial charge on any atom is 0.220 e. The van der Waals surface area contributed by atoms with Crippen molar-refractivity contribution in [3.63, 3.8) is 0 Å². The maximum absolute atomic E-state index is 12.6. The molecule has 0 spiro atoms. The van der Waals surface area contributed by atoms with E-state index in [2.05, 4.69) is 32.5 Å². The zero-order chi connectivity index (χ0) is 21.4. The summed E-state index contributed by atoms with van der Waals surface area (Å²) in [5, 5.41) is 7.09. The molecule has 164 valence electrons. The number of benzene rings is 1. The molecule has 0 radical (unpaired) electrons. The smallest absolute Gasteiger partial charge is 0.220 e. The van der Waals surface area contributed by atoms with E-state index in [0.717, 1.165) is 17.1 Å². The lowest BCUT2D eigenvalue weighted by molar-refractivity contribution is 0.133. The molecule has 0 unspecified atom stereocenters. The Balaban J connectivity index is 1.54. The van der Waals surface area contributed by atoms with Crippen molar-refractivity contribution in [2.75, 3.05) is 39.8 Å². The van der Waals surface area contributed by atoms with E-state index >= 15 is 0 Å². The summed E-state index contributed by atoms with van der Waals surface area (Å²) in [5.74, 6) is 0.613. The van der Waals surface area contributed by atoms with E-state index in [1.54, 1.807) is 13.1 Å². The Labute approximate surface area is 177 Å². The van der Waals surface area contributed by atoms with Gasteiger partial charge in [0.05, 0.1) is 12.3 Å². The van der Waals surface area contributed by atoms with E-state index in [1.807, 2.05) is 19.1 Å². The fraction of sp³-hybridized carbons (Fsp3) is 0.500. The summed E-state index contributed by atoms with van der Waals surface area (Å²) < 4.78 is 37.0. The van der Waals surface area contributed by atoms with Gasteiger partial charge >= 0.3 is 0 Å². The average molecular weight is 436 g/mol. The molecule has 2 aromatic rings. The van der Waals surface area contributed by atoms with Crippen LogP contribution in [0.1, 0.15) is 23.7 Å². The van der Waals surface area contributed by atoms with Crippen LogP contribution < -0.4 is 5.32 Å². The van der Waals surface area contributed by atoms with Gasteiger partial charge in [-0.15, -0.1) is 0 Å². The van der Waals surface area contributed by atoms with E-state index < -0.39 is 10.0 Å². The van der Waals surface area contributed by atoms with Crippen molar-refractivity contribution >= 4 is 16.0 Å². The van der Waals surface area contributed by atoms with E-state index in [4.69, 9.17) is 9.26 Å². The molecule has 1 aromatic carbocycles. The van der Waals surface area contributed by atoms with Crippen LogP contribution in [0.15, 0.2) is 46.1 Å². The highest BCUT2D eigenvalue weighted by Gasteiger charge is 2.29. The molecular weight excluding hydrogens is 406 g/mol. The van der Waals surface area contributed by atoms with Gasteiger partial charge < -0.3 is 19.5 Å². The molecule has 30 heavy (non-hydrogen) atoms. The van der Waals surface area contributed by atoms with Gasteiger partial charge in [0.15, 0.2) is 5.96 Å². The minimum atomic E-state index is -3.42. The summed E-state index contributed by atoms with van der Waals surface area (Å²) >= 11 is 0. The first kappa shape index (κ1) is 22.3. The highest BCUT2D eigenvalue weighted by molar-refractivity contribution is 7.88. The topological polar surface area (TPSA) is 100 Å². The van der Waals surface area contributed by atoms with Crippen molar-refractivity contribution in [3.8, 4) is 0 Å². The van der Waals surface area contributed by atoms with E-state index in [9.17, 15) is 8.42 Å². The maximum atomic E-state index is 12.6. The normalized spacial score (nSPS) is 16.1. The number of sulfonamides is 1. The lowest BCUT2D eigenvalue weighted by atomic mass is 10.1. The van der Waals surface area contributed by atoms with E-state index in [-0.39, 0.29) is 5.75 Å². The van der Waals surface area contributed by atoms with Crippen LogP contribution in [0.4, 0.5) is 0 Å². The first-order chi connectivity index (χ1) is 14.5. The summed E-state index contributed by atoms with van der Waals surface area (Å²) in [6, 6.07) is 9.72. The molecule has 0 atom stereocenters. The largest absolute Gasteiger partial charge is 0.377 e. The van der Waals surface area contributed by atoms with Gasteiger partial charge in [-0.05, 0) is 18.1 Å². The van der Waals surface area contributed by atoms with Crippen molar-refractivity contribution in [1.82, 2.24) is 19.7 Å². The zero-order valence-corrected chi connectivity index (χ0v) is 18.3. The quantitative estimate of drug-likeness (QED) is 0.495. The average Bonchev–Trinajstić information content (AvgIpc) is 3.26. The van der Waals surface area contributed by atoms with Gasteiger partial charge in [0.25, 0.3) is 0 Å². The molecule has 1 fully saturated rings. The minimum Gasteiger partial charge on any atom is -0.377 e. The Morgan fingerprint density at radius 3 is 2.57 bits per heavy atom. The highest BCUT2D eigenvalue weighted by Crippen LogP contribution is 2.14. The SMILES string of the molecule is CCOCc1ccccc1CNC(=NC)N1CCN(S(=O)(=O)Cc2ccon2)CC1. The van der Waals surface area contributed by atoms with Crippen LogP contribution in [0, 0.1) is 0 Å². The number of rotatable bonds is 8. The van der Waals surface area contributed by atoms with Crippen molar-refractivity contribution in [2.45, 2.75) is 25.8 Å². The van der Waals surface area contributed by atoms with Crippen LogP contribution in [0.3, 0.4) is 0 Å². The van der Waals surface area contributed by atoms with Crippen molar-refractivity contribution in [2.24, 2.45) is 4.99 Å². The van der Waals surface area contributed by atoms with Gasteiger partial charge in [-0.3, -0.25) is 4.99 Å². The Morgan fingerprint density at radius 2 is 1.93 bits per heavy atom. The molecule has 2 heterocycles. The molecule has 1 saturated heterocycles. The van der Waals surface area contributed by atoms with Gasteiger partial charge in [0, 0.05) is 52.4 Å². The molecule has 0 saturated carbocycles. The second kappa shape index (κ2) is 10.6. The summed E-state index contributed by atoms with van der Waals surface area (Å²) in [4.78, 5) is 6.45. The molecule has 1 aromatic heterocycles. The number of guanidine groups is 1. The van der Waals surface area contributed by atoms with Crippen LogP contribution in [0.25, 0.3) is 0 Å². The third-order valence-electron chi connectivity index (χ3n) is 4.98. The van der Waals surface area contributed by atoms with E-state index in [1.165, 1.54) is 10.6 Å². The number of piperazine rings is 1. The van der Waals surface area contributed by atoms with Crippen molar-refractivity contribution in [3.05, 3.63) is 53.4 Å². The molecule has 9 nitrogen and oxygen atoms in total. The fourth-order valence-corrected chi connectivity index (χ4v) is 4.78. The molecule has 0 amide bonds. The highest BCUT2D eigenvalue weighted by atomic mass is 32.2. The van der Waals surface area contributed by atoms with Gasteiger partial charge in [-0.1, -0.05) is 29.4 Å². The molecule has 1 aliphatic heterocycles. The lowest BCUT2D eigenvalue weighted by Gasteiger charge is -2.35. The fourth-order valence-electron chi connectivity index (χ4n) is 3.36. The molecule has 10 heteroatoms. The summed E-state index contributed by atoms with van der Waals surface area (Å²) in [7, 11) is -1.68. The van der Waals surface area contributed by atoms with Crippen LogP contribution in [-0.2, 0) is 33.7 Å². The zero-order valence-electron chi connectivity index (χ0n) is 17.5. The second-order valence-electron chi connectivity index (χ2n) is 6.94. The summed E-state index contributed by atoms with van der Waals surface area (Å²) in [6.45, 7) is 5.80. The van der Waals surface area contributed by atoms with Crippen LogP contribution in [0.2, 0.25) is 0 Å². The third kappa shape index (κ3) is 5.80. The van der Waals surface area contributed by atoms with Crippen molar-refractivity contribution in [1.29, 1.82) is 0 Å². The third-order valence-corrected chi connectivity index (χ3v) is 6.79. The Morgan fingerprint density at radius 1 is 1.20 bits per heavy atom. The molecule has 0 aliphatic carbocycles. The van der Waals surface area contributed by atoms with Gasteiger partial charge in [-0.25, -0.2) is 8.42 Å². The second-order valence-corrected chi connectivity index (χ2v) is 8.91. The van der Waals surface area contributed by atoms with Gasteiger partial charge in [0.1, 0.15) is 12.0 Å². The van der Waals surface area contributed by atoms with E-state index in [0.29, 0.717) is 51.6 Å². The number of hydrogen-bond acceptors (Lipinski definition) is 6.